The summed E-state index contributed by atoms with van der Waals surface area (Å²) in [4.78, 5) is 22.3. The molecule has 9 heteroatoms. The number of rotatable bonds is 3. The van der Waals surface area contributed by atoms with Crippen LogP contribution in [0.5, 0.6) is 0 Å². The Morgan fingerprint density at radius 3 is 2.67 bits per heavy atom. The van der Waals surface area contributed by atoms with Gasteiger partial charge in [-0.05, 0) is 6.92 Å². The van der Waals surface area contributed by atoms with Crippen molar-refractivity contribution >= 4 is 11.9 Å². The van der Waals surface area contributed by atoms with Gasteiger partial charge in [-0.3, -0.25) is 4.79 Å². The molecular weight excluding hydrogens is 288 g/mol. The first-order valence-electron chi connectivity index (χ1n) is 6.58. The highest BCUT2D eigenvalue weighted by molar-refractivity contribution is 5.73. The molecule has 0 aromatic rings. The summed E-state index contributed by atoms with van der Waals surface area (Å²) >= 11 is 0. The third-order valence-corrected chi connectivity index (χ3v) is 3.31. The Bertz CT molecular complexity index is 425. The summed E-state index contributed by atoms with van der Waals surface area (Å²) < 4.78 is 36.5. The van der Waals surface area contributed by atoms with Crippen molar-refractivity contribution in [2.24, 2.45) is 0 Å². The average Bonchev–Trinajstić information content (AvgIpc) is 2.96. The number of hydrogen-bond donors (Lipinski definition) is 0. The van der Waals surface area contributed by atoms with Gasteiger partial charge in [-0.1, -0.05) is 0 Å². The maximum Gasteiger partial charge on any atom is 0.366 e. The van der Waals surface area contributed by atoms with Crippen molar-refractivity contribution in [2.75, 3.05) is 13.4 Å². The van der Waals surface area contributed by atoms with Crippen molar-refractivity contribution in [2.45, 2.75) is 51.0 Å². The van der Waals surface area contributed by atoms with Crippen molar-refractivity contribution in [3.63, 3.8) is 0 Å². The van der Waals surface area contributed by atoms with Gasteiger partial charge in [-0.25, -0.2) is 4.79 Å². The van der Waals surface area contributed by atoms with Gasteiger partial charge >= 0.3 is 11.9 Å². The van der Waals surface area contributed by atoms with Gasteiger partial charge in [0.15, 0.2) is 12.6 Å². The van der Waals surface area contributed by atoms with E-state index >= 15 is 0 Å². The zero-order valence-corrected chi connectivity index (χ0v) is 11.6. The van der Waals surface area contributed by atoms with Crippen LogP contribution in [0, 0.1) is 0 Å². The number of fused-ring (bicyclic) bond motifs is 3. The Hall–Kier alpha value is -1.26. The molecular formula is C12H16O9. The molecule has 3 rings (SSSR count). The first-order valence-corrected chi connectivity index (χ1v) is 6.58. The topological polar surface area (TPSA) is 98.8 Å². The van der Waals surface area contributed by atoms with E-state index in [4.69, 9.17) is 28.4 Å². The summed E-state index contributed by atoms with van der Waals surface area (Å²) in [6, 6.07) is 0. The van der Waals surface area contributed by atoms with E-state index in [0.717, 1.165) is 0 Å². The van der Waals surface area contributed by atoms with E-state index in [0.29, 0.717) is 6.61 Å². The van der Waals surface area contributed by atoms with Crippen LogP contribution in [0.2, 0.25) is 0 Å². The largest absolute Gasteiger partial charge is 0.428 e. The Balaban J connectivity index is 1.52. The zero-order valence-electron chi connectivity index (χ0n) is 11.6. The molecule has 0 amide bonds. The molecule has 0 spiro atoms. The van der Waals surface area contributed by atoms with Crippen LogP contribution in [0.3, 0.4) is 0 Å². The summed E-state index contributed by atoms with van der Waals surface area (Å²) in [6.07, 6.45) is -3.46. The van der Waals surface area contributed by atoms with E-state index in [1.54, 1.807) is 6.92 Å². The third-order valence-electron chi connectivity index (χ3n) is 3.31. The molecule has 3 saturated heterocycles. The molecule has 0 aromatic carbocycles. The molecule has 3 aliphatic rings. The van der Waals surface area contributed by atoms with Crippen LogP contribution in [-0.4, -0.2) is 62.5 Å². The normalized spacial score (nSPS) is 41.2. The summed E-state index contributed by atoms with van der Waals surface area (Å²) in [7, 11) is 0. The van der Waals surface area contributed by atoms with E-state index in [1.807, 2.05) is 0 Å². The number of ether oxygens (including phenoxy) is 7. The van der Waals surface area contributed by atoms with Crippen LogP contribution < -0.4 is 0 Å². The third kappa shape index (κ3) is 3.01. The number of hydrogen-bond acceptors (Lipinski definition) is 9. The van der Waals surface area contributed by atoms with Crippen molar-refractivity contribution in [3.05, 3.63) is 0 Å². The van der Waals surface area contributed by atoms with Crippen molar-refractivity contribution in [3.8, 4) is 0 Å². The molecule has 3 aliphatic heterocycles. The predicted molar refractivity (Wildman–Crippen MR) is 61.4 cm³/mol. The average molecular weight is 304 g/mol. The maximum atomic E-state index is 11.7. The molecule has 0 bridgehead atoms. The second-order valence-corrected chi connectivity index (χ2v) is 4.83. The number of carbonyl (C=O) groups is 2. The lowest BCUT2D eigenvalue weighted by molar-refractivity contribution is -0.264. The molecule has 3 heterocycles. The monoisotopic (exact) mass is 304 g/mol. The standard InChI is InChI=1S/C12H16O9/c1-5(13)16-4-17-10(14)12-20-9-8-7(19-11(9)21-12)3-15-6(2)18-8/h6-9,11-12H,3-4H2,1-2H3. The minimum absolute atomic E-state index is 0.283. The molecule has 9 nitrogen and oxygen atoms in total. The summed E-state index contributed by atoms with van der Waals surface area (Å²) in [5.41, 5.74) is 0. The first kappa shape index (κ1) is 14.7. The number of carbonyl (C=O) groups excluding carboxylic acids is 2. The van der Waals surface area contributed by atoms with Crippen molar-refractivity contribution in [1.82, 2.24) is 0 Å². The molecule has 0 aromatic heterocycles. The Labute approximate surface area is 120 Å². The highest BCUT2D eigenvalue weighted by Crippen LogP contribution is 2.37. The quantitative estimate of drug-likeness (QED) is 0.494. The van der Waals surface area contributed by atoms with Gasteiger partial charge in [0.25, 0.3) is 6.29 Å². The Morgan fingerprint density at radius 2 is 1.90 bits per heavy atom. The van der Waals surface area contributed by atoms with Gasteiger partial charge in [-0.2, -0.15) is 0 Å². The molecule has 0 saturated carbocycles. The molecule has 0 aliphatic carbocycles. The van der Waals surface area contributed by atoms with Gasteiger partial charge in [0.2, 0.25) is 6.79 Å². The lowest BCUT2D eigenvalue weighted by atomic mass is 10.1. The Morgan fingerprint density at radius 1 is 1.10 bits per heavy atom. The van der Waals surface area contributed by atoms with E-state index in [9.17, 15) is 9.59 Å². The van der Waals surface area contributed by atoms with Gasteiger partial charge in [0, 0.05) is 6.92 Å². The van der Waals surface area contributed by atoms with Crippen molar-refractivity contribution in [1.29, 1.82) is 0 Å². The minimum atomic E-state index is -1.22. The molecule has 21 heavy (non-hydrogen) atoms. The molecule has 118 valence electrons. The predicted octanol–water partition coefficient (Wildman–Crippen LogP) is -0.722. The Kier molecular flexibility index (Phi) is 4.09. The second kappa shape index (κ2) is 5.85. The van der Waals surface area contributed by atoms with Crippen LogP contribution in [0.15, 0.2) is 0 Å². The molecule has 0 N–H and O–H groups in total. The highest BCUT2D eigenvalue weighted by atomic mass is 16.9. The van der Waals surface area contributed by atoms with E-state index in [-0.39, 0.29) is 18.5 Å². The van der Waals surface area contributed by atoms with Gasteiger partial charge in [0.05, 0.1) is 6.61 Å². The van der Waals surface area contributed by atoms with Crippen LogP contribution in [0.1, 0.15) is 13.8 Å². The van der Waals surface area contributed by atoms with E-state index in [2.05, 4.69) is 4.74 Å². The summed E-state index contributed by atoms with van der Waals surface area (Å²) in [6.45, 7) is 2.87. The lowest BCUT2D eigenvalue weighted by Gasteiger charge is -2.31. The van der Waals surface area contributed by atoms with Crippen LogP contribution in [-0.2, 0) is 42.7 Å². The maximum absolute atomic E-state index is 11.7. The number of esters is 2. The smallest absolute Gasteiger partial charge is 0.366 e. The van der Waals surface area contributed by atoms with Gasteiger partial charge in [-0.15, -0.1) is 0 Å². The fourth-order valence-electron chi connectivity index (χ4n) is 2.38. The van der Waals surface area contributed by atoms with Gasteiger partial charge in [0.1, 0.15) is 18.3 Å². The first-order chi connectivity index (χ1) is 10.0. The minimum Gasteiger partial charge on any atom is -0.428 e. The van der Waals surface area contributed by atoms with E-state index < -0.39 is 37.4 Å². The van der Waals surface area contributed by atoms with Gasteiger partial charge < -0.3 is 33.2 Å². The molecule has 3 fully saturated rings. The SMILES string of the molecule is CC(=O)OCOC(=O)C1OC2OC3COC(C)OC3C2O1. The van der Waals surface area contributed by atoms with Crippen LogP contribution in [0.4, 0.5) is 0 Å². The fourth-order valence-corrected chi connectivity index (χ4v) is 2.38. The van der Waals surface area contributed by atoms with Crippen LogP contribution >= 0.6 is 0 Å². The van der Waals surface area contributed by atoms with Crippen molar-refractivity contribution < 1.29 is 42.7 Å². The lowest BCUT2D eigenvalue weighted by Crippen LogP contribution is -2.45. The van der Waals surface area contributed by atoms with Crippen LogP contribution in [0.25, 0.3) is 0 Å². The van der Waals surface area contributed by atoms with E-state index in [1.165, 1.54) is 6.92 Å². The summed E-state index contributed by atoms with van der Waals surface area (Å²) in [5.74, 6) is -1.34. The highest BCUT2D eigenvalue weighted by Gasteiger charge is 2.56. The zero-order chi connectivity index (χ0) is 15.0. The molecule has 0 radical (unpaired) electrons. The second-order valence-electron chi connectivity index (χ2n) is 4.83. The molecule has 6 atom stereocenters. The molecule has 6 unspecified atom stereocenters. The fraction of sp³-hybridized carbons (Fsp3) is 0.833. The summed E-state index contributed by atoms with van der Waals surface area (Å²) in [5, 5.41) is 0.